The first kappa shape index (κ1) is 13.8. The molecule has 4 heteroatoms. The molecule has 0 N–H and O–H groups in total. The summed E-state index contributed by atoms with van der Waals surface area (Å²) in [5, 5.41) is 0. The second kappa shape index (κ2) is 6.04. The first-order valence-electron chi connectivity index (χ1n) is 6.30. The lowest BCUT2D eigenvalue weighted by atomic mass is 10.1. The van der Waals surface area contributed by atoms with Gasteiger partial charge in [0.1, 0.15) is 12.4 Å². The lowest BCUT2D eigenvalue weighted by Gasteiger charge is -2.38. The van der Waals surface area contributed by atoms with Crippen molar-refractivity contribution in [2.75, 3.05) is 32.8 Å². The van der Waals surface area contributed by atoms with E-state index in [2.05, 4.69) is 34.7 Å². The van der Waals surface area contributed by atoms with Crippen molar-refractivity contribution >= 4 is 15.9 Å². The number of ether oxygens (including phenoxy) is 2. The lowest BCUT2D eigenvalue weighted by molar-refractivity contribution is -0.0875. The maximum atomic E-state index is 5.75. The Labute approximate surface area is 117 Å². The molecule has 1 aromatic carbocycles. The molecule has 100 valence electrons. The molecule has 18 heavy (non-hydrogen) atoms. The van der Waals surface area contributed by atoms with Crippen LogP contribution < -0.4 is 4.74 Å². The second-order valence-corrected chi connectivity index (χ2v) is 6.11. The van der Waals surface area contributed by atoms with Crippen molar-refractivity contribution in [1.29, 1.82) is 0 Å². The Bertz CT molecular complexity index is 395. The van der Waals surface area contributed by atoms with Crippen LogP contribution in [0.15, 0.2) is 28.7 Å². The third kappa shape index (κ3) is 4.26. The molecule has 1 aliphatic heterocycles. The molecule has 1 aromatic rings. The number of rotatable bonds is 4. The fraction of sp³-hybridized carbons (Fsp3) is 0.571. The summed E-state index contributed by atoms with van der Waals surface area (Å²) in [6, 6.07) is 7.95. The van der Waals surface area contributed by atoms with Crippen molar-refractivity contribution in [2.24, 2.45) is 0 Å². The van der Waals surface area contributed by atoms with E-state index in [0.29, 0.717) is 6.61 Å². The molecule has 0 spiro atoms. The summed E-state index contributed by atoms with van der Waals surface area (Å²) in [6.45, 7) is 8.69. The first-order valence-corrected chi connectivity index (χ1v) is 7.09. The summed E-state index contributed by atoms with van der Waals surface area (Å²) in [4.78, 5) is 2.39. The molecule has 1 aliphatic rings. The van der Waals surface area contributed by atoms with Crippen molar-refractivity contribution in [1.82, 2.24) is 4.90 Å². The quantitative estimate of drug-likeness (QED) is 0.853. The number of benzene rings is 1. The number of halogens is 1. The van der Waals surface area contributed by atoms with Gasteiger partial charge in [-0.1, -0.05) is 22.0 Å². The van der Waals surface area contributed by atoms with Crippen LogP contribution in [0.5, 0.6) is 5.75 Å². The van der Waals surface area contributed by atoms with E-state index in [9.17, 15) is 0 Å². The SMILES string of the molecule is CC1(C)CN(CCOc2cccc(Br)c2)CCO1. The van der Waals surface area contributed by atoms with Gasteiger partial charge in [0, 0.05) is 24.1 Å². The number of hydrogen-bond acceptors (Lipinski definition) is 3. The zero-order valence-corrected chi connectivity index (χ0v) is 12.6. The minimum Gasteiger partial charge on any atom is -0.492 e. The molecule has 1 fully saturated rings. The third-order valence-electron chi connectivity index (χ3n) is 2.98. The molecule has 0 amide bonds. The van der Waals surface area contributed by atoms with Crippen molar-refractivity contribution < 1.29 is 9.47 Å². The Morgan fingerprint density at radius 2 is 2.28 bits per heavy atom. The molecule has 3 nitrogen and oxygen atoms in total. The van der Waals surface area contributed by atoms with Crippen LogP contribution >= 0.6 is 15.9 Å². The molecule has 0 atom stereocenters. The van der Waals surface area contributed by atoms with Gasteiger partial charge in [0.2, 0.25) is 0 Å². The minimum absolute atomic E-state index is 0.0337. The van der Waals surface area contributed by atoms with Crippen molar-refractivity contribution in [3.8, 4) is 5.75 Å². The Morgan fingerprint density at radius 1 is 1.44 bits per heavy atom. The van der Waals surface area contributed by atoms with E-state index >= 15 is 0 Å². The van der Waals surface area contributed by atoms with Crippen molar-refractivity contribution in [3.05, 3.63) is 28.7 Å². The summed E-state index contributed by atoms with van der Waals surface area (Å²) in [7, 11) is 0. The van der Waals surface area contributed by atoms with Gasteiger partial charge in [-0.05, 0) is 32.0 Å². The lowest BCUT2D eigenvalue weighted by Crippen LogP contribution is -2.49. The summed E-state index contributed by atoms with van der Waals surface area (Å²) < 4.78 is 12.5. The number of morpholine rings is 1. The van der Waals surface area contributed by atoms with E-state index < -0.39 is 0 Å². The second-order valence-electron chi connectivity index (χ2n) is 5.19. The highest BCUT2D eigenvalue weighted by molar-refractivity contribution is 9.10. The minimum atomic E-state index is -0.0337. The van der Waals surface area contributed by atoms with Gasteiger partial charge in [0.15, 0.2) is 0 Å². The van der Waals surface area contributed by atoms with Crippen LogP contribution in [0.2, 0.25) is 0 Å². The predicted molar refractivity (Wildman–Crippen MR) is 76.1 cm³/mol. The van der Waals surface area contributed by atoms with E-state index in [1.165, 1.54) is 0 Å². The molecular formula is C14H20BrNO2. The molecule has 0 radical (unpaired) electrons. The zero-order valence-electron chi connectivity index (χ0n) is 11.0. The van der Waals surface area contributed by atoms with E-state index in [1.807, 2.05) is 24.3 Å². The number of hydrogen-bond donors (Lipinski definition) is 0. The van der Waals surface area contributed by atoms with Crippen LogP contribution in [0.1, 0.15) is 13.8 Å². The van der Waals surface area contributed by atoms with Gasteiger partial charge in [-0.3, -0.25) is 4.90 Å². The fourth-order valence-electron chi connectivity index (χ4n) is 2.15. The van der Waals surface area contributed by atoms with Crippen molar-refractivity contribution in [3.63, 3.8) is 0 Å². The van der Waals surface area contributed by atoms with Gasteiger partial charge in [-0.2, -0.15) is 0 Å². The molecule has 0 bridgehead atoms. The molecular weight excluding hydrogens is 294 g/mol. The van der Waals surface area contributed by atoms with Crippen LogP contribution in [0.4, 0.5) is 0 Å². The van der Waals surface area contributed by atoms with Crippen LogP contribution in [0.25, 0.3) is 0 Å². The zero-order chi connectivity index (χ0) is 13.0. The number of nitrogens with zero attached hydrogens (tertiary/aromatic N) is 1. The van der Waals surface area contributed by atoms with Crippen LogP contribution in [-0.4, -0.2) is 43.3 Å². The van der Waals surface area contributed by atoms with Crippen LogP contribution in [0.3, 0.4) is 0 Å². The molecule has 1 heterocycles. The van der Waals surface area contributed by atoms with E-state index in [1.54, 1.807) is 0 Å². The Kier molecular flexibility index (Phi) is 4.65. The first-order chi connectivity index (χ1) is 8.55. The van der Waals surface area contributed by atoms with Crippen LogP contribution in [0, 0.1) is 0 Å². The summed E-state index contributed by atoms with van der Waals surface area (Å²) in [5.41, 5.74) is -0.0337. The summed E-state index contributed by atoms with van der Waals surface area (Å²) >= 11 is 3.44. The van der Waals surface area contributed by atoms with Crippen molar-refractivity contribution in [2.45, 2.75) is 19.4 Å². The predicted octanol–water partition coefficient (Wildman–Crippen LogP) is 2.94. The Balaban J connectivity index is 1.75. The molecule has 1 saturated heterocycles. The molecule has 0 aromatic heterocycles. The van der Waals surface area contributed by atoms with Gasteiger partial charge >= 0.3 is 0 Å². The maximum Gasteiger partial charge on any atom is 0.120 e. The largest absolute Gasteiger partial charge is 0.492 e. The van der Waals surface area contributed by atoms with E-state index in [0.717, 1.165) is 36.5 Å². The Hall–Kier alpha value is -0.580. The molecule has 0 unspecified atom stereocenters. The monoisotopic (exact) mass is 313 g/mol. The van der Waals surface area contributed by atoms with Crippen LogP contribution in [-0.2, 0) is 4.74 Å². The summed E-state index contributed by atoms with van der Waals surface area (Å²) in [5.74, 6) is 0.914. The van der Waals surface area contributed by atoms with Gasteiger partial charge in [0.05, 0.1) is 12.2 Å². The van der Waals surface area contributed by atoms with E-state index in [-0.39, 0.29) is 5.60 Å². The highest BCUT2D eigenvalue weighted by Crippen LogP contribution is 2.18. The van der Waals surface area contributed by atoms with Gasteiger partial charge in [-0.25, -0.2) is 0 Å². The molecule has 0 aliphatic carbocycles. The van der Waals surface area contributed by atoms with E-state index in [4.69, 9.17) is 9.47 Å². The topological polar surface area (TPSA) is 21.7 Å². The maximum absolute atomic E-state index is 5.75. The average molecular weight is 314 g/mol. The molecule has 0 saturated carbocycles. The normalized spacial score (nSPS) is 19.7. The highest BCUT2D eigenvalue weighted by atomic mass is 79.9. The Morgan fingerprint density at radius 3 is 3.00 bits per heavy atom. The third-order valence-corrected chi connectivity index (χ3v) is 3.47. The average Bonchev–Trinajstić information content (AvgIpc) is 2.28. The van der Waals surface area contributed by atoms with Gasteiger partial charge < -0.3 is 9.47 Å². The smallest absolute Gasteiger partial charge is 0.120 e. The van der Waals surface area contributed by atoms with Gasteiger partial charge in [0.25, 0.3) is 0 Å². The highest BCUT2D eigenvalue weighted by Gasteiger charge is 2.26. The fourth-order valence-corrected chi connectivity index (χ4v) is 2.53. The van der Waals surface area contributed by atoms with Gasteiger partial charge in [-0.15, -0.1) is 0 Å². The standard InChI is InChI=1S/C14H20BrNO2/c1-14(2)11-16(7-9-18-14)6-8-17-13-5-3-4-12(15)10-13/h3-5,10H,6-9,11H2,1-2H3. The molecule has 2 rings (SSSR count). The summed E-state index contributed by atoms with van der Waals surface area (Å²) in [6.07, 6.45) is 0.